The zero-order valence-electron chi connectivity index (χ0n) is 15.6. The smallest absolute Gasteiger partial charge is 0.178 e. The molecule has 6 heteroatoms. The van der Waals surface area contributed by atoms with E-state index in [1.165, 1.54) is 0 Å². The average molecular weight is 388 g/mol. The maximum absolute atomic E-state index is 12.7. The highest BCUT2D eigenvalue weighted by Crippen LogP contribution is 2.33. The Morgan fingerprint density at radius 2 is 1.81 bits per heavy atom. The molecule has 0 fully saturated rings. The van der Waals surface area contributed by atoms with Crippen molar-refractivity contribution in [1.82, 2.24) is 0 Å². The van der Waals surface area contributed by atoms with E-state index in [2.05, 4.69) is 4.99 Å². The monoisotopic (exact) mass is 387 g/mol. The lowest BCUT2D eigenvalue weighted by molar-refractivity contribution is -0.123. The van der Waals surface area contributed by atoms with E-state index < -0.39 is 6.10 Å². The van der Waals surface area contributed by atoms with Gasteiger partial charge in [0.15, 0.2) is 23.4 Å². The molecule has 3 rings (SSSR count). The Kier molecular flexibility index (Phi) is 6.01. The zero-order chi connectivity index (χ0) is 19.4. The fourth-order valence-electron chi connectivity index (χ4n) is 3.04. The molecule has 1 aliphatic rings. The number of aliphatic imine (C=N–C) groups is 1. The Morgan fingerprint density at radius 3 is 2.48 bits per heavy atom. The Balaban J connectivity index is 1.75. The SMILES string of the molecule is COc1cc2c(cc1OC)C(CC(=O)[C@H](C)Oc1ccc(Cl)cc1)=NCC2. The first-order valence-electron chi connectivity index (χ1n) is 8.75. The predicted molar refractivity (Wildman–Crippen MR) is 106 cm³/mol. The first-order valence-corrected chi connectivity index (χ1v) is 9.13. The molecule has 0 aromatic heterocycles. The maximum atomic E-state index is 12.7. The van der Waals surface area contributed by atoms with Crippen LogP contribution in [0.2, 0.25) is 5.02 Å². The molecule has 1 aliphatic heterocycles. The third kappa shape index (κ3) is 4.42. The molecule has 5 nitrogen and oxygen atoms in total. The molecule has 0 unspecified atom stereocenters. The number of ether oxygens (including phenoxy) is 3. The molecule has 0 amide bonds. The van der Waals surface area contributed by atoms with E-state index in [0.29, 0.717) is 28.8 Å². The van der Waals surface area contributed by atoms with Crippen LogP contribution in [0.3, 0.4) is 0 Å². The zero-order valence-corrected chi connectivity index (χ0v) is 16.4. The number of carbonyl (C=O) groups is 1. The van der Waals surface area contributed by atoms with Gasteiger partial charge in [0.05, 0.1) is 20.6 Å². The second kappa shape index (κ2) is 8.44. The summed E-state index contributed by atoms with van der Waals surface area (Å²) in [5, 5.41) is 0.624. The Morgan fingerprint density at radius 1 is 1.15 bits per heavy atom. The molecule has 0 saturated heterocycles. The van der Waals surface area contributed by atoms with Gasteiger partial charge in [-0.25, -0.2) is 0 Å². The van der Waals surface area contributed by atoms with Gasteiger partial charge >= 0.3 is 0 Å². The number of fused-ring (bicyclic) bond motifs is 1. The summed E-state index contributed by atoms with van der Waals surface area (Å²) in [6.45, 7) is 2.40. The highest BCUT2D eigenvalue weighted by Gasteiger charge is 2.23. The molecule has 2 aromatic carbocycles. The quantitative estimate of drug-likeness (QED) is 0.716. The Labute approximate surface area is 163 Å². The van der Waals surface area contributed by atoms with Crippen molar-refractivity contribution < 1.29 is 19.0 Å². The van der Waals surface area contributed by atoms with E-state index in [1.807, 2.05) is 12.1 Å². The molecule has 2 aromatic rings. The van der Waals surface area contributed by atoms with E-state index in [-0.39, 0.29) is 12.2 Å². The molecule has 1 heterocycles. The van der Waals surface area contributed by atoms with Crippen molar-refractivity contribution in [2.45, 2.75) is 25.9 Å². The van der Waals surface area contributed by atoms with Crippen LogP contribution in [0.15, 0.2) is 41.4 Å². The van der Waals surface area contributed by atoms with Gasteiger partial charge in [0.1, 0.15) is 5.75 Å². The van der Waals surface area contributed by atoms with E-state index in [4.69, 9.17) is 25.8 Å². The van der Waals surface area contributed by atoms with Crippen LogP contribution in [0.25, 0.3) is 0 Å². The normalized spacial score (nSPS) is 14.0. The third-order valence-electron chi connectivity index (χ3n) is 4.53. The number of rotatable bonds is 7. The standard InChI is InChI=1S/C21H22ClNO4/c1-13(27-16-6-4-15(22)5-7-16)19(24)12-18-17-11-21(26-3)20(25-2)10-14(17)8-9-23-18/h4-7,10-11,13H,8-9,12H2,1-3H3/t13-/m0/s1. The van der Waals surface area contributed by atoms with E-state index in [0.717, 1.165) is 23.3 Å². The van der Waals surface area contributed by atoms with Crippen LogP contribution in [0.5, 0.6) is 17.2 Å². The molecule has 0 saturated carbocycles. The van der Waals surface area contributed by atoms with Gasteiger partial charge in [0.2, 0.25) is 0 Å². The van der Waals surface area contributed by atoms with E-state index >= 15 is 0 Å². The van der Waals surface area contributed by atoms with Gasteiger partial charge < -0.3 is 14.2 Å². The number of methoxy groups -OCH3 is 2. The first-order chi connectivity index (χ1) is 13.0. The van der Waals surface area contributed by atoms with Gasteiger partial charge in [0.25, 0.3) is 0 Å². The summed E-state index contributed by atoms with van der Waals surface area (Å²) in [4.78, 5) is 17.3. The lowest BCUT2D eigenvalue weighted by Crippen LogP contribution is -2.27. The van der Waals surface area contributed by atoms with Gasteiger partial charge in [-0.05, 0) is 55.3 Å². The van der Waals surface area contributed by atoms with Crippen LogP contribution in [0, 0.1) is 0 Å². The first kappa shape index (κ1) is 19.2. The molecule has 0 spiro atoms. The fraction of sp³-hybridized carbons (Fsp3) is 0.333. The summed E-state index contributed by atoms with van der Waals surface area (Å²) in [6, 6.07) is 10.8. The van der Waals surface area contributed by atoms with Gasteiger partial charge in [-0.15, -0.1) is 0 Å². The summed E-state index contributed by atoms with van der Waals surface area (Å²) in [6.07, 6.45) is 0.431. The molecule has 142 valence electrons. The Bertz CT molecular complexity index is 861. The minimum Gasteiger partial charge on any atom is -0.493 e. The second-order valence-electron chi connectivity index (χ2n) is 6.30. The number of hydrogen-bond acceptors (Lipinski definition) is 5. The van der Waals surface area contributed by atoms with Crippen molar-refractivity contribution in [2.75, 3.05) is 20.8 Å². The summed E-state index contributed by atoms with van der Waals surface area (Å²) in [7, 11) is 3.21. The molecular weight excluding hydrogens is 366 g/mol. The van der Waals surface area contributed by atoms with Crippen LogP contribution in [0.4, 0.5) is 0 Å². The highest BCUT2D eigenvalue weighted by atomic mass is 35.5. The van der Waals surface area contributed by atoms with Crippen LogP contribution < -0.4 is 14.2 Å². The van der Waals surface area contributed by atoms with Crippen molar-refractivity contribution >= 4 is 23.1 Å². The van der Waals surface area contributed by atoms with Crippen molar-refractivity contribution in [3.63, 3.8) is 0 Å². The number of ketones is 1. The number of nitrogens with zero attached hydrogens (tertiary/aromatic N) is 1. The largest absolute Gasteiger partial charge is 0.493 e. The lowest BCUT2D eigenvalue weighted by atomic mass is 9.93. The summed E-state index contributed by atoms with van der Waals surface area (Å²) in [5.74, 6) is 1.89. The van der Waals surface area contributed by atoms with Crippen molar-refractivity contribution in [3.05, 3.63) is 52.5 Å². The number of carbonyl (C=O) groups excluding carboxylic acids is 1. The van der Waals surface area contributed by atoms with Crippen LogP contribution >= 0.6 is 11.6 Å². The Hall–Kier alpha value is -2.53. The second-order valence-corrected chi connectivity index (χ2v) is 6.74. The molecule has 1 atom stereocenters. The minimum absolute atomic E-state index is 0.0358. The number of halogens is 1. The van der Waals surface area contributed by atoms with Gasteiger partial charge in [-0.2, -0.15) is 0 Å². The van der Waals surface area contributed by atoms with Crippen molar-refractivity contribution in [2.24, 2.45) is 4.99 Å². The fourth-order valence-corrected chi connectivity index (χ4v) is 3.16. The highest BCUT2D eigenvalue weighted by molar-refractivity contribution is 6.30. The lowest BCUT2D eigenvalue weighted by Gasteiger charge is -2.20. The van der Waals surface area contributed by atoms with Crippen molar-refractivity contribution in [1.29, 1.82) is 0 Å². The number of hydrogen-bond donors (Lipinski definition) is 0. The molecule has 0 radical (unpaired) electrons. The number of Topliss-reactive ketones (excluding diaryl/α,β-unsaturated/α-hetero) is 1. The van der Waals surface area contributed by atoms with Gasteiger partial charge in [-0.3, -0.25) is 9.79 Å². The molecule has 0 bridgehead atoms. The molecule has 0 aliphatic carbocycles. The van der Waals surface area contributed by atoms with Crippen LogP contribution in [0.1, 0.15) is 24.5 Å². The maximum Gasteiger partial charge on any atom is 0.178 e. The molecular formula is C21H22ClNO4. The average Bonchev–Trinajstić information content (AvgIpc) is 2.68. The van der Waals surface area contributed by atoms with Gasteiger partial charge in [-0.1, -0.05) is 11.6 Å². The number of benzene rings is 2. The summed E-state index contributed by atoms with van der Waals surface area (Å²) < 4.78 is 16.5. The van der Waals surface area contributed by atoms with E-state index in [9.17, 15) is 4.79 Å². The topological polar surface area (TPSA) is 57.1 Å². The third-order valence-corrected chi connectivity index (χ3v) is 4.78. The molecule has 0 N–H and O–H groups in total. The van der Waals surface area contributed by atoms with Gasteiger partial charge in [0, 0.05) is 22.8 Å². The van der Waals surface area contributed by atoms with Crippen molar-refractivity contribution in [3.8, 4) is 17.2 Å². The van der Waals surface area contributed by atoms with Crippen LogP contribution in [-0.2, 0) is 11.2 Å². The van der Waals surface area contributed by atoms with E-state index in [1.54, 1.807) is 45.4 Å². The predicted octanol–water partition coefficient (Wildman–Crippen LogP) is 4.13. The summed E-state index contributed by atoms with van der Waals surface area (Å²) in [5.41, 5.74) is 2.80. The van der Waals surface area contributed by atoms with Crippen LogP contribution in [-0.4, -0.2) is 38.4 Å². The minimum atomic E-state index is -0.584. The molecule has 27 heavy (non-hydrogen) atoms. The summed E-state index contributed by atoms with van der Waals surface area (Å²) >= 11 is 5.88.